The summed E-state index contributed by atoms with van der Waals surface area (Å²) in [7, 11) is 0. The Morgan fingerprint density at radius 1 is 0.674 bits per heavy atom. The van der Waals surface area contributed by atoms with Gasteiger partial charge in [0.05, 0.1) is 17.1 Å². The van der Waals surface area contributed by atoms with Crippen molar-refractivity contribution >= 4 is 50.9 Å². The third kappa shape index (κ3) is 5.18. The van der Waals surface area contributed by atoms with Gasteiger partial charge in [-0.3, -0.25) is 5.41 Å². The molecule has 4 heteroatoms. The summed E-state index contributed by atoms with van der Waals surface area (Å²) < 4.78 is 14.4. The summed E-state index contributed by atoms with van der Waals surface area (Å²) in [6.07, 6.45) is 4.31. The molecule has 3 nitrogen and oxygen atoms in total. The number of halogens is 1. The van der Waals surface area contributed by atoms with Crippen LogP contribution in [0.4, 0.5) is 21.5 Å². The zero-order chi connectivity index (χ0) is 31.0. The second-order valence-corrected chi connectivity index (χ2v) is 11.9. The average molecular weight is 598 g/mol. The van der Waals surface area contributed by atoms with Crippen molar-refractivity contribution in [2.24, 2.45) is 5.92 Å². The Bertz CT molecular complexity index is 2140. The molecule has 0 spiro atoms. The first-order chi connectivity index (χ1) is 22.6. The Morgan fingerprint density at radius 2 is 1.35 bits per heavy atom. The molecule has 0 amide bonds. The van der Waals surface area contributed by atoms with Crippen LogP contribution in [-0.2, 0) is 0 Å². The fourth-order valence-electron chi connectivity index (χ4n) is 6.45. The lowest BCUT2D eigenvalue weighted by molar-refractivity contribution is 0.627. The summed E-state index contributed by atoms with van der Waals surface area (Å²) >= 11 is 0. The van der Waals surface area contributed by atoms with E-state index in [4.69, 9.17) is 0 Å². The first kappa shape index (κ1) is 27.8. The van der Waals surface area contributed by atoms with Gasteiger partial charge < -0.3 is 10.2 Å². The van der Waals surface area contributed by atoms with Crippen molar-refractivity contribution < 1.29 is 4.39 Å². The van der Waals surface area contributed by atoms with Crippen LogP contribution in [0, 0.1) is 17.1 Å². The minimum absolute atomic E-state index is 0.257. The number of allylic oxidation sites excluding steroid dienone is 2. The Balaban J connectivity index is 1.25. The fraction of sp³-hybridized carbons (Fsp3) is 0.0714. The summed E-state index contributed by atoms with van der Waals surface area (Å²) in [5, 5.41) is 15.7. The zero-order valence-electron chi connectivity index (χ0n) is 25.3. The minimum Gasteiger partial charge on any atom is -0.358 e. The highest BCUT2D eigenvalue weighted by molar-refractivity contribution is 6.36. The number of hydrogen-bond acceptors (Lipinski definition) is 3. The molecule has 0 saturated heterocycles. The number of anilines is 3. The molecular formula is C42H32FN3. The molecule has 0 unspecified atom stereocenters. The van der Waals surface area contributed by atoms with Crippen LogP contribution in [0.15, 0.2) is 151 Å². The topological polar surface area (TPSA) is 39.1 Å². The minimum atomic E-state index is -0.257. The van der Waals surface area contributed by atoms with Crippen LogP contribution in [0.3, 0.4) is 0 Å². The number of para-hydroxylation sites is 1. The van der Waals surface area contributed by atoms with E-state index in [0.29, 0.717) is 11.6 Å². The van der Waals surface area contributed by atoms with E-state index < -0.39 is 0 Å². The van der Waals surface area contributed by atoms with Gasteiger partial charge in [-0.25, -0.2) is 4.39 Å². The van der Waals surface area contributed by atoms with E-state index in [2.05, 4.69) is 95.2 Å². The van der Waals surface area contributed by atoms with Crippen LogP contribution < -0.4 is 10.2 Å². The number of nitrogens with zero attached hydrogens (tertiary/aromatic N) is 1. The van der Waals surface area contributed by atoms with E-state index in [1.54, 1.807) is 6.07 Å². The Hall–Kier alpha value is -5.74. The van der Waals surface area contributed by atoms with Crippen molar-refractivity contribution in [1.82, 2.24) is 5.32 Å². The van der Waals surface area contributed by atoms with E-state index in [1.165, 1.54) is 16.8 Å². The Labute approximate surface area is 268 Å². The average Bonchev–Trinajstić information content (AvgIpc) is 3.96. The van der Waals surface area contributed by atoms with E-state index >= 15 is 0 Å². The van der Waals surface area contributed by atoms with Gasteiger partial charge in [0.25, 0.3) is 0 Å². The molecule has 8 rings (SSSR count). The molecule has 0 radical (unpaired) electrons. The van der Waals surface area contributed by atoms with Gasteiger partial charge in [-0.2, -0.15) is 0 Å². The number of rotatable bonds is 7. The summed E-state index contributed by atoms with van der Waals surface area (Å²) in [6.45, 7) is 0. The van der Waals surface area contributed by atoms with Crippen LogP contribution in [0.2, 0.25) is 0 Å². The van der Waals surface area contributed by atoms with Gasteiger partial charge in [0.15, 0.2) is 0 Å². The highest BCUT2D eigenvalue weighted by Gasteiger charge is 2.31. The summed E-state index contributed by atoms with van der Waals surface area (Å²) in [5.74, 6) is 0.183. The standard InChI is InChI=1S/C42H32FN3/c43-33-22-25-37-32(26-33)27-38(29-18-19-29)45-42(37)40(30-11-3-1-4-12-30)41(44)31-20-23-35(24-21-31)46(34-14-5-2-6-15-34)39-17-9-13-28-10-7-8-16-36(28)39/h1-17,20-27,29,44-45H,18-19H2/b42-40-,44-41?. The number of benzene rings is 6. The maximum absolute atomic E-state index is 14.4. The van der Waals surface area contributed by atoms with Crippen molar-refractivity contribution in [3.8, 4) is 0 Å². The molecule has 0 bridgehead atoms. The molecule has 2 N–H and O–H groups in total. The van der Waals surface area contributed by atoms with Gasteiger partial charge in [0, 0.05) is 39.2 Å². The molecule has 1 aliphatic carbocycles. The highest BCUT2D eigenvalue weighted by atomic mass is 19.1. The molecule has 222 valence electrons. The molecule has 0 aromatic heterocycles. The SMILES string of the molecule is N=C(/C(=C1\NC(C2CC2)=Cc2cc(F)ccc21)c1ccccc1)c1ccc(N(c2ccccc2)c2cccc3ccccc23)cc1. The van der Waals surface area contributed by atoms with Crippen LogP contribution in [0.25, 0.3) is 28.1 Å². The largest absolute Gasteiger partial charge is 0.358 e. The van der Waals surface area contributed by atoms with Gasteiger partial charge >= 0.3 is 0 Å². The summed E-state index contributed by atoms with van der Waals surface area (Å²) in [5.41, 5.74) is 9.78. The van der Waals surface area contributed by atoms with Crippen LogP contribution in [-0.4, -0.2) is 5.71 Å². The molecule has 1 heterocycles. The van der Waals surface area contributed by atoms with Crippen molar-refractivity contribution in [2.75, 3.05) is 4.90 Å². The quantitative estimate of drug-likeness (QED) is 0.180. The molecule has 2 aliphatic rings. The van der Waals surface area contributed by atoms with Gasteiger partial charge in [-0.05, 0) is 89.9 Å². The zero-order valence-corrected chi connectivity index (χ0v) is 25.3. The van der Waals surface area contributed by atoms with Crippen molar-refractivity contribution in [3.05, 3.63) is 179 Å². The van der Waals surface area contributed by atoms with E-state index in [-0.39, 0.29) is 5.82 Å². The third-order valence-electron chi connectivity index (χ3n) is 8.88. The molecule has 0 atom stereocenters. The highest BCUT2D eigenvalue weighted by Crippen LogP contribution is 2.43. The lowest BCUT2D eigenvalue weighted by atomic mass is 9.88. The third-order valence-corrected chi connectivity index (χ3v) is 8.88. The molecule has 6 aromatic carbocycles. The predicted molar refractivity (Wildman–Crippen MR) is 189 cm³/mol. The number of hydrogen-bond donors (Lipinski definition) is 2. The second kappa shape index (κ2) is 11.6. The van der Waals surface area contributed by atoms with Gasteiger partial charge in [0.2, 0.25) is 0 Å². The van der Waals surface area contributed by atoms with Crippen LogP contribution in [0.1, 0.15) is 35.1 Å². The van der Waals surface area contributed by atoms with Crippen LogP contribution in [0.5, 0.6) is 0 Å². The maximum atomic E-state index is 14.4. The molecule has 1 saturated carbocycles. The maximum Gasteiger partial charge on any atom is 0.123 e. The molecule has 1 aliphatic heterocycles. The molecule has 1 fully saturated rings. The van der Waals surface area contributed by atoms with Crippen molar-refractivity contribution in [3.63, 3.8) is 0 Å². The lowest BCUT2D eigenvalue weighted by Gasteiger charge is -2.27. The monoisotopic (exact) mass is 597 g/mol. The van der Waals surface area contributed by atoms with Crippen molar-refractivity contribution in [2.45, 2.75) is 12.8 Å². The number of fused-ring (bicyclic) bond motifs is 2. The van der Waals surface area contributed by atoms with E-state index in [1.807, 2.05) is 54.6 Å². The van der Waals surface area contributed by atoms with E-state index in [0.717, 1.165) is 69.1 Å². The molecule has 46 heavy (non-hydrogen) atoms. The molecule has 6 aromatic rings. The van der Waals surface area contributed by atoms with Gasteiger partial charge in [-0.15, -0.1) is 0 Å². The first-order valence-electron chi connectivity index (χ1n) is 15.7. The first-order valence-corrected chi connectivity index (χ1v) is 15.7. The van der Waals surface area contributed by atoms with Gasteiger partial charge in [-0.1, -0.05) is 97.1 Å². The number of nitrogens with one attached hydrogen (secondary N) is 2. The van der Waals surface area contributed by atoms with E-state index in [9.17, 15) is 9.80 Å². The predicted octanol–water partition coefficient (Wildman–Crippen LogP) is 10.7. The lowest BCUT2D eigenvalue weighted by Crippen LogP contribution is -2.22. The normalized spacial score (nSPS) is 15.0. The van der Waals surface area contributed by atoms with Gasteiger partial charge in [0.1, 0.15) is 5.82 Å². The van der Waals surface area contributed by atoms with Crippen LogP contribution >= 0.6 is 0 Å². The Kier molecular flexibility index (Phi) is 7.03. The smallest absolute Gasteiger partial charge is 0.123 e. The molecular weight excluding hydrogens is 565 g/mol. The summed E-state index contributed by atoms with van der Waals surface area (Å²) in [4.78, 5) is 2.27. The second-order valence-electron chi connectivity index (χ2n) is 11.9. The fourth-order valence-corrected chi connectivity index (χ4v) is 6.45. The van der Waals surface area contributed by atoms with Crippen molar-refractivity contribution in [1.29, 1.82) is 5.41 Å². The Morgan fingerprint density at radius 3 is 2.11 bits per heavy atom. The summed E-state index contributed by atoms with van der Waals surface area (Å²) in [6, 6.07) is 48.5.